The van der Waals surface area contributed by atoms with Crippen LogP contribution in [0.15, 0.2) is 66.7 Å². The third-order valence-corrected chi connectivity index (χ3v) is 9.98. The summed E-state index contributed by atoms with van der Waals surface area (Å²) in [5.74, 6) is -0.929. The number of hydrogen-bond acceptors (Lipinski definition) is 4. The molecular weight excluding hydrogens is 652 g/mol. The maximum Gasteiger partial charge on any atom is 0.244 e. The first-order chi connectivity index (χ1) is 20.4. The summed E-state index contributed by atoms with van der Waals surface area (Å²) in [4.78, 5) is 29.7. The van der Waals surface area contributed by atoms with Crippen LogP contribution in [0.1, 0.15) is 43.2 Å². The lowest BCUT2D eigenvalue weighted by Gasteiger charge is -2.35. The summed E-state index contributed by atoms with van der Waals surface area (Å²) in [6.07, 6.45) is 6.06. The quantitative estimate of drug-likeness (QED) is 0.217. The van der Waals surface area contributed by atoms with Gasteiger partial charge in [0, 0.05) is 24.0 Å². The second-order valence-corrected chi connectivity index (χ2v) is 14.2. The van der Waals surface area contributed by atoms with E-state index < -0.39 is 28.5 Å². The molecule has 0 saturated heterocycles. The van der Waals surface area contributed by atoms with Crippen LogP contribution in [0.2, 0.25) is 20.1 Å². The van der Waals surface area contributed by atoms with E-state index in [4.69, 9.17) is 46.4 Å². The molecule has 1 saturated carbocycles. The number of anilines is 1. The molecular formula is C31H33Cl4N3O4S. The number of benzene rings is 3. The number of halogens is 4. The molecule has 0 aliphatic heterocycles. The van der Waals surface area contributed by atoms with Gasteiger partial charge in [0.2, 0.25) is 21.8 Å². The molecule has 1 aliphatic carbocycles. The predicted octanol–water partition coefficient (Wildman–Crippen LogP) is 7.16. The van der Waals surface area contributed by atoms with Gasteiger partial charge in [-0.1, -0.05) is 114 Å². The Kier molecular flexibility index (Phi) is 11.6. The van der Waals surface area contributed by atoms with Crippen molar-refractivity contribution in [3.63, 3.8) is 0 Å². The normalized spacial score (nSPS) is 14.6. The molecule has 230 valence electrons. The van der Waals surface area contributed by atoms with Crippen LogP contribution >= 0.6 is 46.4 Å². The average Bonchev–Trinajstić information content (AvgIpc) is 2.97. The first-order valence-corrected chi connectivity index (χ1v) is 17.3. The van der Waals surface area contributed by atoms with E-state index in [0.717, 1.165) is 48.2 Å². The molecule has 0 aromatic heterocycles. The number of carbonyl (C=O) groups excluding carboxylic acids is 2. The van der Waals surface area contributed by atoms with Gasteiger partial charge in [-0.15, -0.1) is 0 Å². The minimum Gasteiger partial charge on any atom is -0.352 e. The molecule has 12 heteroatoms. The number of carbonyl (C=O) groups is 2. The second kappa shape index (κ2) is 15.0. The standard InChI is InChI=1S/C31H33Cl4N3O4S/c1-43(41,42)38(28-18-26(34)25(33)17-27(28)35)20-30(39)37(19-22-12-8-9-15-24(22)32)29(16-21-10-4-2-5-11-21)31(40)36-23-13-6-3-7-14-23/h2,4-5,8-12,15,17-18,23,29H,3,6-7,13-14,16,19-20H2,1H3,(H,36,40)/t29-/m1/s1. The summed E-state index contributed by atoms with van der Waals surface area (Å²) in [5.41, 5.74) is 1.45. The fourth-order valence-corrected chi connectivity index (χ4v) is 6.95. The highest BCUT2D eigenvalue weighted by Crippen LogP contribution is 2.36. The molecule has 0 heterocycles. The van der Waals surface area contributed by atoms with Crippen molar-refractivity contribution < 1.29 is 18.0 Å². The molecule has 1 aliphatic rings. The van der Waals surface area contributed by atoms with Gasteiger partial charge < -0.3 is 10.2 Å². The Bertz CT molecular complexity index is 1550. The summed E-state index contributed by atoms with van der Waals surface area (Å²) in [6.45, 7) is -0.663. The highest BCUT2D eigenvalue weighted by Gasteiger charge is 2.35. The minimum absolute atomic E-state index is 0.000627. The Morgan fingerprint density at radius 3 is 2.14 bits per heavy atom. The van der Waals surface area contributed by atoms with E-state index in [0.29, 0.717) is 10.6 Å². The van der Waals surface area contributed by atoms with Crippen molar-refractivity contribution >= 4 is 73.9 Å². The Morgan fingerprint density at radius 2 is 1.49 bits per heavy atom. The van der Waals surface area contributed by atoms with Gasteiger partial charge >= 0.3 is 0 Å². The van der Waals surface area contributed by atoms with E-state index in [-0.39, 0.29) is 45.7 Å². The maximum atomic E-state index is 14.3. The monoisotopic (exact) mass is 683 g/mol. The number of sulfonamides is 1. The lowest BCUT2D eigenvalue weighted by molar-refractivity contribution is -0.140. The molecule has 3 aromatic rings. The van der Waals surface area contributed by atoms with Gasteiger partial charge in [0.25, 0.3) is 0 Å². The molecule has 43 heavy (non-hydrogen) atoms. The van der Waals surface area contributed by atoms with E-state index >= 15 is 0 Å². The van der Waals surface area contributed by atoms with Crippen LogP contribution in [0.25, 0.3) is 0 Å². The van der Waals surface area contributed by atoms with Crippen LogP contribution in [-0.2, 0) is 32.6 Å². The zero-order chi connectivity index (χ0) is 31.1. The Labute approximate surface area is 273 Å². The summed E-state index contributed by atoms with van der Waals surface area (Å²) >= 11 is 25.2. The molecule has 0 radical (unpaired) electrons. The highest BCUT2D eigenvalue weighted by molar-refractivity contribution is 7.92. The highest BCUT2D eigenvalue weighted by atomic mass is 35.5. The van der Waals surface area contributed by atoms with Gasteiger partial charge in [-0.2, -0.15) is 0 Å². The van der Waals surface area contributed by atoms with Crippen LogP contribution < -0.4 is 9.62 Å². The molecule has 4 rings (SSSR count). The van der Waals surface area contributed by atoms with Crippen LogP contribution in [0, 0.1) is 0 Å². The van der Waals surface area contributed by atoms with Crippen LogP contribution in [-0.4, -0.2) is 50.0 Å². The van der Waals surface area contributed by atoms with E-state index in [2.05, 4.69) is 5.32 Å². The molecule has 1 N–H and O–H groups in total. The molecule has 0 bridgehead atoms. The second-order valence-electron chi connectivity index (χ2n) is 10.6. The summed E-state index contributed by atoms with van der Waals surface area (Å²) in [6, 6.07) is 18.1. The van der Waals surface area contributed by atoms with Crippen molar-refractivity contribution in [1.29, 1.82) is 0 Å². The minimum atomic E-state index is -4.03. The van der Waals surface area contributed by atoms with Gasteiger partial charge in [0.15, 0.2) is 0 Å². The fourth-order valence-electron chi connectivity index (χ4n) is 5.21. The first-order valence-electron chi connectivity index (χ1n) is 13.9. The maximum absolute atomic E-state index is 14.3. The summed E-state index contributed by atoms with van der Waals surface area (Å²) in [5, 5.41) is 3.79. The largest absolute Gasteiger partial charge is 0.352 e. The third kappa shape index (κ3) is 9.02. The average molecular weight is 686 g/mol. The first kappa shape index (κ1) is 33.4. The molecule has 2 amide bonds. The van der Waals surface area contributed by atoms with Crippen molar-refractivity contribution in [3.05, 3.63) is 97.9 Å². The van der Waals surface area contributed by atoms with Gasteiger partial charge in [0.05, 0.1) is 27.0 Å². The summed E-state index contributed by atoms with van der Waals surface area (Å²) < 4.78 is 26.9. The SMILES string of the molecule is CS(=O)(=O)N(CC(=O)N(Cc1ccccc1Cl)[C@H](Cc1ccccc1)C(=O)NC1CCCCC1)c1cc(Cl)c(Cl)cc1Cl. The number of rotatable bonds is 11. The molecule has 0 unspecified atom stereocenters. The molecule has 1 fully saturated rings. The summed E-state index contributed by atoms with van der Waals surface area (Å²) in [7, 11) is -4.03. The third-order valence-electron chi connectivity index (χ3n) is 7.46. The number of amides is 2. The van der Waals surface area contributed by atoms with E-state index in [1.54, 1.807) is 24.3 Å². The zero-order valence-corrected chi connectivity index (χ0v) is 27.5. The molecule has 3 aromatic carbocycles. The van der Waals surface area contributed by atoms with Crippen molar-refractivity contribution in [1.82, 2.24) is 10.2 Å². The van der Waals surface area contributed by atoms with Crippen molar-refractivity contribution in [2.45, 2.75) is 57.2 Å². The van der Waals surface area contributed by atoms with Crippen LogP contribution in [0.3, 0.4) is 0 Å². The van der Waals surface area contributed by atoms with Crippen LogP contribution in [0.5, 0.6) is 0 Å². The van der Waals surface area contributed by atoms with Gasteiger partial charge in [-0.3, -0.25) is 13.9 Å². The van der Waals surface area contributed by atoms with Gasteiger partial charge in [-0.05, 0) is 42.2 Å². The number of hydrogen-bond donors (Lipinski definition) is 1. The topological polar surface area (TPSA) is 86.8 Å². The van der Waals surface area contributed by atoms with Crippen molar-refractivity contribution in [2.75, 3.05) is 17.1 Å². The van der Waals surface area contributed by atoms with Gasteiger partial charge in [0.1, 0.15) is 12.6 Å². The number of nitrogens with one attached hydrogen (secondary N) is 1. The van der Waals surface area contributed by atoms with E-state index in [9.17, 15) is 18.0 Å². The molecule has 0 spiro atoms. The van der Waals surface area contributed by atoms with E-state index in [1.165, 1.54) is 17.0 Å². The Morgan fingerprint density at radius 1 is 0.860 bits per heavy atom. The van der Waals surface area contributed by atoms with Crippen molar-refractivity contribution in [3.8, 4) is 0 Å². The smallest absolute Gasteiger partial charge is 0.244 e. The van der Waals surface area contributed by atoms with Crippen molar-refractivity contribution in [2.24, 2.45) is 0 Å². The Hall–Kier alpha value is -2.49. The zero-order valence-electron chi connectivity index (χ0n) is 23.6. The van der Waals surface area contributed by atoms with E-state index in [1.807, 2.05) is 30.3 Å². The lowest BCUT2D eigenvalue weighted by Crippen LogP contribution is -2.55. The lowest BCUT2D eigenvalue weighted by atomic mass is 9.94. The molecule has 1 atom stereocenters. The van der Waals surface area contributed by atoms with Gasteiger partial charge in [-0.25, -0.2) is 8.42 Å². The Balaban J connectivity index is 1.76. The predicted molar refractivity (Wildman–Crippen MR) is 175 cm³/mol. The number of nitrogens with zero attached hydrogens (tertiary/aromatic N) is 2. The molecule has 7 nitrogen and oxygen atoms in total. The fraction of sp³-hybridized carbons (Fsp3) is 0.355. The van der Waals surface area contributed by atoms with Crippen LogP contribution in [0.4, 0.5) is 5.69 Å².